The average Bonchev–Trinajstić information content (AvgIpc) is 3.05. The van der Waals surface area contributed by atoms with Crippen LogP contribution in [0.4, 0.5) is 14.5 Å². The number of nitrogens with one attached hydrogen (secondary N) is 1. The number of thiazole rings is 1. The van der Waals surface area contributed by atoms with Gasteiger partial charge in [0.05, 0.1) is 12.1 Å². The number of anilines is 1. The Morgan fingerprint density at radius 1 is 1.08 bits per heavy atom. The van der Waals surface area contributed by atoms with Gasteiger partial charge in [-0.2, -0.15) is 0 Å². The molecule has 0 aliphatic heterocycles. The topological polar surface area (TPSA) is 51.2 Å². The number of aromatic nitrogens is 1. The maximum atomic E-state index is 13.5. The van der Waals surface area contributed by atoms with Crippen LogP contribution in [0, 0.1) is 11.6 Å². The van der Waals surface area contributed by atoms with Gasteiger partial charge in [0.15, 0.2) is 0 Å². The zero-order valence-electron chi connectivity index (χ0n) is 13.0. The monoisotopic (exact) mass is 360 g/mol. The first kappa shape index (κ1) is 17.0. The first-order valence-electron chi connectivity index (χ1n) is 7.47. The van der Waals surface area contributed by atoms with Crippen LogP contribution in [0.5, 0.6) is 5.75 Å². The lowest BCUT2D eigenvalue weighted by Crippen LogP contribution is -2.16. The highest BCUT2D eigenvalue weighted by atomic mass is 32.1. The van der Waals surface area contributed by atoms with Crippen LogP contribution in [-0.2, 0) is 17.8 Å². The van der Waals surface area contributed by atoms with Crippen molar-refractivity contribution in [3.05, 3.63) is 76.2 Å². The molecular formula is C18H14F2N2O2S. The Morgan fingerprint density at radius 3 is 2.52 bits per heavy atom. The second kappa shape index (κ2) is 7.85. The number of nitrogens with zero attached hydrogens (tertiary/aromatic N) is 1. The van der Waals surface area contributed by atoms with E-state index in [1.807, 2.05) is 30.3 Å². The third kappa shape index (κ3) is 4.60. The first-order chi connectivity index (χ1) is 12.1. The van der Waals surface area contributed by atoms with Gasteiger partial charge in [-0.15, -0.1) is 11.3 Å². The molecule has 0 unspecified atom stereocenters. The molecule has 0 saturated heterocycles. The Bertz CT molecular complexity index is 848. The molecule has 1 amide bonds. The minimum atomic E-state index is -0.816. The molecule has 0 radical (unpaired) electrons. The Labute approximate surface area is 147 Å². The van der Waals surface area contributed by atoms with Crippen LogP contribution in [0.1, 0.15) is 10.7 Å². The Balaban J connectivity index is 1.56. The minimum Gasteiger partial charge on any atom is -0.486 e. The lowest BCUT2D eigenvalue weighted by Gasteiger charge is -2.06. The van der Waals surface area contributed by atoms with Crippen molar-refractivity contribution in [2.75, 3.05) is 5.32 Å². The number of carbonyl (C=O) groups excluding carboxylic acids is 1. The largest absolute Gasteiger partial charge is 0.486 e. The van der Waals surface area contributed by atoms with Gasteiger partial charge in [0.1, 0.15) is 34.7 Å². The summed E-state index contributed by atoms with van der Waals surface area (Å²) in [5, 5.41) is 4.67. The number of ether oxygens (including phenoxy) is 1. The van der Waals surface area contributed by atoms with Gasteiger partial charge in [0.25, 0.3) is 0 Å². The number of halogens is 2. The van der Waals surface area contributed by atoms with E-state index in [9.17, 15) is 13.6 Å². The van der Waals surface area contributed by atoms with Crippen molar-refractivity contribution in [2.45, 2.75) is 13.0 Å². The van der Waals surface area contributed by atoms with Crippen LogP contribution >= 0.6 is 11.3 Å². The molecular weight excluding hydrogens is 346 g/mol. The van der Waals surface area contributed by atoms with E-state index in [-0.39, 0.29) is 13.0 Å². The van der Waals surface area contributed by atoms with Crippen molar-refractivity contribution >= 4 is 22.9 Å². The summed E-state index contributed by atoms with van der Waals surface area (Å²) in [5.41, 5.74) is 0.0706. The number of hydrogen-bond acceptors (Lipinski definition) is 4. The van der Waals surface area contributed by atoms with Crippen LogP contribution in [0.15, 0.2) is 53.9 Å². The molecule has 0 aliphatic rings. The van der Waals surface area contributed by atoms with Crippen LogP contribution < -0.4 is 10.1 Å². The molecule has 7 heteroatoms. The fourth-order valence-electron chi connectivity index (χ4n) is 2.12. The summed E-state index contributed by atoms with van der Waals surface area (Å²) >= 11 is 1.36. The third-order valence-electron chi connectivity index (χ3n) is 3.27. The molecule has 0 bridgehead atoms. The molecule has 1 aromatic heterocycles. The smallest absolute Gasteiger partial charge is 0.230 e. The second-order valence-corrected chi connectivity index (χ2v) is 6.10. The number of benzene rings is 2. The zero-order chi connectivity index (χ0) is 17.6. The molecule has 3 aromatic rings. The van der Waals surface area contributed by atoms with Gasteiger partial charge in [-0.25, -0.2) is 13.8 Å². The summed E-state index contributed by atoms with van der Waals surface area (Å²) in [7, 11) is 0. The summed E-state index contributed by atoms with van der Waals surface area (Å²) in [6, 6.07) is 12.7. The Kier molecular flexibility index (Phi) is 5.35. The van der Waals surface area contributed by atoms with Crippen LogP contribution in [0.25, 0.3) is 0 Å². The van der Waals surface area contributed by atoms with Gasteiger partial charge in [0, 0.05) is 5.38 Å². The van der Waals surface area contributed by atoms with Crippen LogP contribution in [0.3, 0.4) is 0 Å². The minimum absolute atomic E-state index is 0.0738. The molecule has 0 aliphatic carbocycles. The predicted octanol–water partition coefficient (Wildman–Crippen LogP) is 4.18. The molecule has 0 atom stereocenters. The van der Waals surface area contributed by atoms with Crippen molar-refractivity contribution in [3.63, 3.8) is 0 Å². The van der Waals surface area contributed by atoms with E-state index >= 15 is 0 Å². The highest BCUT2D eigenvalue weighted by Crippen LogP contribution is 2.19. The number of para-hydroxylation sites is 2. The van der Waals surface area contributed by atoms with Crippen molar-refractivity contribution in [3.8, 4) is 5.75 Å². The quantitative estimate of drug-likeness (QED) is 0.717. The maximum absolute atomic E-state index is 13.5. The molecule has 2 aromatic carbocycles. The van der Waals surface area contributed by atoms with E-state index in [1.54, 1.807) is 5.38 Å². The maximum Gasteiger partial charge on any atom is 0.230 e. The summed E-state index contributed by atoms with van der Waals surface area (Å²) in [6.45, 7) is 0.290. The molecule has 0 spiro atoms. The van der Waals surface area contributed by atoms with Gasteiger partial charge in [-0.05, 0) is 24.3 Å². The second-order valence-electron chi connectivity index (χ2n) is 5.16. The van der Waals surface area contributed by atoms with Gasteiger partial charge < -0.3 is 10.1 Å². The van der Waals surface area contributed by atoms with Gasteiger partial charge in [0.2, 0.25) is 5.91 Å². The van der Waals surface area contributed by atoms with Crippen molar-refractivity contribution in [1.29, 1.82) is 0 Å². The lowest BCUT2D eigenvalue weighted by molar-refractivity contribution is -0.115. The number of rotatable bonds is 6. The molecule has 1 heterocycles. The number of hydrogen-bond donors (Lipinski definition) is 1. The van der Waals surface area contributed by atoms with E-state index in [1.165, 1.54) is 17.4 Å². The fourth-order valence-corrected chi connectivity index (χ4v) is 2.83. The Hall–Kier alpha value is -2.80. The number of carbonyl (C=O) groups is 1. The van der Waals surface area contributed by atoms with Gasteiger partial charge in [-0.3, -0.25) is 4.79 Å². The highest BCUT2D eigenvalue weighted by Gasteiger charge is 2.13. The van der Waals surface area contributed by atoms with Crippen molar-refractivity contribution < 1.29 is 18.3 Å². The summed E-state index contributed by atoms with van der Waals surface area (Å²) in [4.78, 5) is 16.3. The average molecular weight is 360 g/mol. The van der Waals surface area contributed by atoms with Crippen molar-refractivity contribution in [1.82, 2.24) is 4.98 Å². The summed E-state index contributed by atoms with van der Waals surface area (Å²) < 4.78 is 32.6. The molecule has 0 saturated carbocycles. The third-order valence-corrected chi connectivity index (χ3v) is 4.14. The molecule has 25 heavy (non-hydrogen) atoms. The molecule has 3 rings (SSSR count). The first-order valence-corrected chi connectivity index (χ1v) is 8.35. The summed E-state index contributed by atoms with van der Waals surface area (Å²) in [6.07, 6.45) is -0.0738. The van der Waals surface area contributed by atoms with Crippen LogP contribution in [0.2, 0.25) is 0 Å². The lowest BCUT2D eigenvalue weighted by atomic mass is 10.2. The predicted molar refractivity (Wildman–Crippen MR) is 91.6 cm³/mol. The fraction of sp³-hybridized carbons (Fsp3) is 0.111. The number of amides is 1. The standard InChI is InChI=1S/C18H14F2N2O2S/c19-14-7-4-8-15(20)18(14)22-16(23)9-12-11-25-17(21-12)10-24-13-5-2-1-3-6-13/h1-8,11H,9-10H2,(H,22,23). The van der Waals surface area contributed by atoms with Gasteiger partial charge in [-0.1, -0.05) is 24.3 Å². The molecule has 128 valence electrons. The highest BCUT2D eigenvalue weighted by molar-refractivity contribution is 7.09. The van der Waals surface area contributed by atoms with E-state index < -0.39 is 23.2 Å². The SMILES string of the molecule is O=C(Cc1csc(COc2ccccc2)n1)Nc1c(F)cccc1F. The summed E-state index contributed by atoms with van der Waals surface area (Å²) in [5.74, 6) is -1.44. The van der Waals surface area contributed by atoms with E-state index in [4.69, 9.17) is 4.74 Å². The molecule has 4 nitrogen and oxygen atoms in total. The molecule has 1 N–H and O–H groups in total. The zero-order valence-corrected chi connectivity index (χ0v) is 13.9. The Morgan fingerprint density at radius 2 is 1.80 bits per heavy atom. The van der Waals surface area contributed by atoms with E-state index in [0.29, 0.717) is 10.7 Å². The van der Waals surface area contributed by atoms with E-state index in [0.717, 1.165) is 17.9 Å². The molecule has 0 fully saturated rings. The normalized spacial score (nSPS) is 10.5. The van der Waals surface area contributed by atoms with Crippen molar-refractivity contribution in [2.24, 2.45) is 0 Å². The van der Waals surface area contributed by atoms with Gasteiger partial charge >= 0.3 is 0 Å². The van der Waals surface area contributed by atoms with E-state index in [2.05, 4.69) is 10.3 Å². The van der Waals surface area contributed by atoms with Crippen LogP contribution in [-0.4, -0.2) is 10.9 Å².